The third kappa shape index (κ3) is 2.73. The van der Waals surface area contributed by atoms with Gasteiger partial charge < -0.3 is 9.47 Å². The summed E-state index contributed by atoms with van der Waals surface area (Å²) in [7, 11) is 2.47. The molecule has 0 aromatic heterocycles. The maximum Gasteiger partial charge on any atom is 0.341 e. The number of ether oxygens (including phenoxy) is 2. The number of nitro groups is 1. The number of hydrogen-bond donors (Lipinski definition) is 0. The van der Waals surface area contributed by atoms with Crippen LogP contribution in [-0.4, -0.2) is 25.1 Å². The van der Waals surface area contributed by atoms with Gasteiger partial charge in [-0.2, -0.15) is 0 Å². The highest BCUT2D eigenvalue weighted by Crippen LogP contribution is 2.33. The molecular weight excluding hydrogens is 294 g/mol. The average Bonchev–Trinajstić information content (AvgIpc) is 2.35. The van der Waals surface area contributed by atoms with Crippen molar-refractivity contribution in [3.8, 4) is 5.75 Å². The predicted molar refractivity (Wildman–Crippen MR) is 63.6 cm³/mol. The molecule has 92 valence electrons. The standard InChI is InChI=1S/C10H10BrNO5/c1-16-9-7(10(13)17-2)3-6(5-11)4-8(9)12(14)15/h3-4H,5H2,1-2H3. The fraction of sp³-hybridized carbons (Fsp3) is 0.300. The van der Waals surface area contributed by atoms with Crippen LogP contribution in [0.2, 0.25) is 0 Å². The summed E-state index contributed by atoms with van der Waals surface area (Å²) in [4.78, 5) is 21.8. The van der Waals surface area contributed by atoms with Crippen molar-refractivity contribution in [3.05, 3.63) is 33.4 Å². The first-order valence-electron chi connectivity index (χ1n) is 4.54. The molecule has 7 heteroatoms. The lowest BCUT2D eigenvalue weighted by Crippen LogP contribution is -2.07. The quantitative estimate of drug-likeness (QED) is 0.369. The van der Waals surface area contributed by atoms with Crippen molar-refractivity contribution >= 4 is 27.6 Å². The van der Waals surface area contributed by atoms with Crippen LogP contribution in [0.3, 0.4) is 0 Å². The molecule has 0 aliphatic heterocycles. The van der Waals surface area contributed by atoms with Crippen LogP contribution in [0.25, 0.3) is 0 Å². The second-order valence-corrected chi connectivity index (χ2v) is 3.64. The summed E-state index contributed by atoms with van der Waals surface area (Å²) in [5.74, 6) is -0.765. The van der Waals surface area contributed by atoms with Gasteiger partial charge in [0.15, 0.2) is 0 Å². The zero-order valence-corrected chi connectivity index (χ0v) is 10.8. The van der Waals surface area contributed by atoms with Crippen LogP contribution in [0.1, 0.15) is 15.9 Å². The van der Waals surface area contributed by atoms with E-state index in [4.69, 9.17) is 4.74 Å². The Bertz CT molecular complexity index is 460. The molecule has 0 spiro atoms. The zero-order chi connectivity index (χ0) is 13.0. The molecule has 1 aromatic carbocycles. The molecule has 17 heavy (non-hydrogen) atoms. The summed E-state index contributed by atoms with van der Waals surface area (Å²) >= 11 is 3.18. The van der Waals surface area contributed by atoms with E-state index in [0.717, 1.165) is 0 Å². The average molecular weight is 304 g/mol. The van der Waals surface area contributed by atoms with Gasteiger partial charge in [-0.25, -0.2) is 4.79 Å². The highest BCUT2D eigenvalue weighted by Gasteiger charge is 2.24. The summed E-state index contributed by atoms with van der Waals surface area (Å²) in [6.07, 6.45) is 0. The normalized spacial score (nSPS) is 9.82. The number of carbonyl (C=O) groups is 1. The van der Waals surface area contributed by atoms with Gasteiger partial charge in [-0.3, -0.25) is 10.1 Å². The van der Waals surface area contributed by atoms with Gasteiger partial charge in [0.1, 0.15) is 5.56 Å². The summed E-state index contributed by atoms with van der Waals surface area (Å²) < 4.78 is 9.46. The Kier molecular flexibility index (Phi) is 4.45. The number of hydrogen-bond acceptors (Lipinski definition) is 5. The fourth-order valence-electron chi connectivity index (χ4n) is 1.36. The zero-order valence-electron chi connectivity index (χ0n) is 9.23. The molecule has 0 N–H and O–H groups in total. The number of benzene rings is 1. The number of nitrogens with zero attached hydrogens (tertiary/aromatic N) is 1. The van der Waals surface area contributed by atoms with E-state index in [1.807, 2.05) is 0 Å². The van der Waals surface area contributed by atoms with Crippen molar-refractivity contribution in [3.63, 3.8) is 0 Å². The van der Waals surface area contributed by atoms with Crippen molar-refractivity contribution in [1.82, 2.24) is 0 Å². The lowest BCUT2D eigenvalue weighted by Gasteiger charge is -2.08. The van der Waals surface area contributed by atoms with Crippen LogP contribution in [0, 0.1) is 10.1 Å². The maximum absolute atomic E-state index is 11.5. The first-order valence-corrected chi connectivity index (χ1v) is 5.66. The van der Waals surface area contributed by atoms with Crippen LogP contribution in [0.5, 0.6) is 5.75 Å². The van der Waals surface area contributed by atoms with Crippen LogP contribution in [0.4, 0.5) is 5.69 Å². The number of halogens is 1. The van der Waals surface area contributed by atoms with Gasteiger partial charge >= 0.3 is 11.7 Å². The summed E-state index contributed by atoms with van der Waals surface area (Å²) in [6, 6.07) is 2.84. The summed E-state index contributed by atoms with van der Waals surface area (Å²) in [6.45, 7) is 0. The third-order valence-electron chi connectivity index (χ3n) is 2.09. The monoisotopic (exact) mass is 303 g/mol. The molecule has 1 aromatic rings. The molecule has 0 radical (unpaired) electrons. The second kappa shape index (κ2) is 5.62. The number of nitro benzene ring substituents is 1. The van der Waals surface area contributed by atoms with Gasteiger partial charge in [-0.15, -0.1) is 0 Å². The molecule has 0 saturated heterocycles. The van der Waals surface area contributed by atoms with E-state index < -0.39 is 10.9 Å². The topological polar surface area (TPSA) is 78.7 Å². The van der Waals surface area contributed by atoms with Crippen molar-refractivity contribution in [1.29, 1.82) is 0 Å². The van der Waals surface area contributed by atoms with Crippen molar-refractivity contribution in [2.75, 3.05) is 14.2 Å². The molecule has 0 atom stereocenters. The lowest BCUT2D eigenvalue weighted by atomic mass is 10.1. The van der Waals surface area contributed by atoms with E-state index in [1.54, 1.807) is 0 Å². The fourth-order valence-corrected chi connectivity index (χ4v) is 1.68. The number of rotatable bonds is 4. The molecule has 1 rings (SSSR count). The Labute approximate surface area is 106 Å². The second-order valence-electron chi connectivity index (χ2n) is 3.08. The highest BCUT2D eigenvalue weighted by atomic mass is 79.9. The van der Waals surface area contributed by atoms with Crippen molar-refractivity contribution < 1.29 is 19.2 Å². The van der Waals surface area contributed by atoms with E-state index in [9.17, 15) is 14.9 Å². The molecular formula is C10H10BrNO5. The van der Waals surface area contributed by atoms with Crippen molar-refractivity contribution in [2.45, 2.75) is 5.33 Å². The Hall–Kier alpha value is -1.63. The van der Waals surface area contributed by atoms with Crippen LogP contribution < -0.4 is 4.74 Å². The van der Waals surface area contributed by atoms with E-state index in [1.165, 1.54) is 26.4 Å². The largest absolute Gasteiger partial charge is 0.490 e. The van der Waals surface area contributed by atoms with Gasteiger partial charge in [-0.1, -0.05) is 15.9 Å². The first kappa shape index (κ1) is 13.4. The Morgan fingerprint density at radius 2 is 2.12 bits per heavy atom. The van der Waals surface area contributed by atoms with Crippen LogP contribution in [-0.2, 0) is 10.1 Å². The van der Waals surface area contributed by atoms with Crippen molar-refractivity contribution in [2.24, 2.45) is 0 Å². The summed E-state index contributed by atoms with van der Waals surface area (Å²) in [5, 5.41) is 11.3. The molecule has 0 aliphatic carbocycles. The maximum atomic E-state index is 11.5. The molecule has 0 heterocycles. The smallest absolute Gasteiger partial charge is 0.341 e. The number of esters is 1. The van der Waals surface area contributed by atoms with Crippen LogP contribution in [0.15, 0.2) is 12.1 Å². The molecule has 0 saturated carbocycles. The number of carbonyl (C=O) groups excluding carboxylic acids is 1. The third-order valence-corrected chi connectivity index (χ3v) is 2.74. The molecule has 0 aliphatic rings. The Balaban J connectivity index is 3.50. The molecule has 0 fully saturated rings. The van der Waals surface area contributed by atoms with E-state index >= 15 is 0 Å². The number of methoxy groups -OCH3 is 2. The van der Waals surface area contributed by atoms with Gasteiger partial charge in [-0.05, 0) is 11.6 Å². The van der Waals surface area contributed by atoms with Gasteiger partial charge in [0.05, 0.1) is 19.1 Å². The Morgan fingerprint density at radius 1 is 1.47 bits per heavy atom. The SMILES string of the molecule is COC(=O)c1cc(CBr)cc([N+](=O)[O-])c1OC. The molecule has 0 bridgehead atoms. The van der Waals surface area contributed by atoms with E-state index in [0.29, 0.717) is 10.9 Å². The summed E-state index contributed by atoms with van der Waals surface area (Å²) in [5.41, 5.74) is 0.376. The first-order chi connectivity index (χ1) is 8.04. The van der Waals surface area contributed by atoms with Gasteiger partial charge in [0.2, 0.25) is 5.75 Å². The van der Waals surface area contributed by atoms with E-state index in [2.05, 4.69) is 20.7 Å². The van der Waals surface area contributed by atoms with E-state index in [-0.39, 0.29) is 17.0 Å². The predicted octanol–water partition coefficient (Wildman–Crippen LogP) is 2.28. The Morgan fingerprint density at radius 3 is 2.53 bits per heavy atom. The van der Waals surface area contributed by atoms with Gasteiger partial charge in [0.25, 0.3) is 0 Å². The van der Waals surface area contributed by atoms with Gasteiger partial charge in [0, 0.05) is 11.4 Å². The highest BCUT2D eigenvalue weighted by molar-refractivity contribution is 9.08. The minimum Gasteiger partial charge on any atom is -0.490 e. The lowest BCUT2D eigenvalue weighted by molar-refractivity contribution is -0.385. The minimum absolute atomic E-state index is 0.0404. The molecule has 0 unspecified atom stereocenters. The minimum atomic E-state index is -0.673. The van der Waals surface area contributed by atoms with Crippen LogP contribution >= 0.6 is 15.9 Å². The molecule has 0 amide bonds. The number of alkyl halides is 1. The molecule has 6 nitrogen and oxygen atoms in total.